The molecule has 9 aromatic carbocycles. The highest BCUT2D eigenvalue weighted by molar-refractivity contribution is 6.00. The van der Waals surface area contributed by atoms with Crippen molar-refractivity contribution in [2.75, 3.05) is 4.90 Å². The van der Waals surface area contributed by atoms with E-state index in [9.17, 15) is 0 Å². The summed E-state index contributed by atoms with van der Waals surface area (Å²) >= 11 is 0. The molecule has 0 aromatic heterocycles. The van der Waals surface area contributed by atoms with Crippen LogP contribution >= 0.6 is 0 Å². The molecule has 0 fully saturated rings. The topological polar surface area (TPSA) is 39.7 Å². The molecule has 0 saturated heterocycles. The van der Waals surface area contributed by atoms with Gasteiger partial charge in [0.1, 0.15) is 18.2 Å². The summed E-state index contributed by atoms with van der Waals surface area (Å²) in [6, 6.07) is 83.7. The van der Waals surface area contributed by atoms with E-state index in [1.165, 1.54) is 67.0 Å². The number of nitrogens with zero attached hydrogens (tertiary/aromatic N) is 2. The van der Waals surface area contributed by atoms with E-state index >= 15 is 0 Å². The summed E-state index contributed by atoms with van der Waals surface area (Å²) in [5, 5.41) is 7.41. The Morgan fingerprint density at radius 1 is 0.387 bits per heavy atom. The number of hydrogen-bond donors (Lipinski definition) is 2. The molecule has 1 aliphatic carbocycles. The Kier molecular flexibility index (Phi) is 8.58. The molecular formula is C58H42N4. The van der Waals surface area contributed by atoms with Gasteiger partial charge in [-0.3, -0.25) is 5.32 Å². The number of fused-ring (bicyclic) bond motifs is 9. The van der Waals surface area contributed by atoms with Crippen LogP contribution in [0.2, 0.25) is 0 Å². The molecule has 2 aliphatic heterocycles. The van der Waals surface area contributed by atoms with Crippen molar-refractivity contribution in [2.24, 2.45) is 4.99 Å². The van der Waals surface area contributed by atoms with Crippen molar-refractivity contribution in [3.63, 3.8) is 0 Å². The Hall–Kier alpha value is -7.79. The minimum Gasteiger partial charge on any atom is -0.350 e. The minimum absolute atomic E-state index is 0.108. The lowest BCUT2D eigenvalue weighted by molar-refractivity contribution is 0.409. The first kappa shape index (κ1) is 36.1. The number of amidine groups is 1. The van der Waals surface area contributed by atoms with Gasteiger partial charge < -0.3 is 10.2 Å². The molecule has 2 N–H and O–H groups in total. The Morgan fingerprint density at radius 2 is 0.887 bits per heavy atom. The van der Waals surface area contributed by atoms with E-state index in [1.54, 1.807) is 0 Å². The highest BCUT2D eigenvalue weighted by Crippen LogP contribution is 2.63. The van der Waals surface area contributed by atoms with Crippen molar-refractivity contribution in [2.45, 2.75) is 17.7 Å². The van der Waals surface area contributed by atoms with E-state index in [0.29, 0.717) is 0 Å². The van der Waals surface area contributed by atoms with Crippen LogP contribution in [0, 0.1) is 0 Å². The van der Waals surface area contributed by atoms with Crippen molar-refractivity contribution in [3.05, 3.63) is 269 Å². The van der Waals surface area contributed by atoms with Gasteiger partial charge in [-0.15, -0.1) is 0 Å². The summed E-state index contributed by atoms with van der Waals surface area (Å²) in [6.45, 7) is 0. The van der Waals surface area contributed by atoms with Crippen molar-refractivity contribution < 1.29 is 0 Å². The van der Waals surface area contributed by atoms with Crippen molar-refractivity contribution in [1.29, 1.82) is 0 Å². The Morgan fingerprint density at radius 3 is 1.55 bits per heavy atom. The third kappa shape index (κ3) is 5.76. The molecule has 0 amide bonds. The molecule has 0 saturated carbocycles. The molecule has 3 aliphatic rings. The predicted octanol–water partition coefficient (Wildman–Crippen LogP) is 13.5. The molecular weight excluding hydrogens is 753 g/mol. The molecule has 2 atom stereocenters. The first-order valence-electron chi connectivity index (χ1n) is 21.4. The highest BCUT2D eigenvalue weighted by atomic mass is 15.3. The zero-order valence-electron chi connectivity index (χ0n) is 34.0. The summed E-state index contributed by atoms with van der Waals surface area (Å²) in [6.07, 6.45) is -0.275. The van der Waals surface area contributed by atoms with Gasteiger partial charge in [0.15, 0.2) is 0 Å². The van der Waals surface area contributed by atoms with Gasteiger partial charge in [0.25, 0.3) is 0 Å². The molecule has 9 aromatic rings. The summed E-state index contributed by atoms with van der Waals surface area (Å²) in [7, 11) is 0. The number of benzene rings is 9. The van der Waals surface area contributed by atoms with Crippen LogP contribution in [0.15, 0.2) is 236 Å². The number of hydrogen-bond acceptors (Lipinski definition) is 4. The van der Waals surface area contributed by atoms with Gasteiger partial charge in [0.2, 0.25) is 0 Å². The molecule has 0 radical (unpaired) electrons. The molecule has 2 heterocycles. The maximum atomic E-state index is 5.08. The monoisotopic (exact) mass is 794 g/mol. The quantitative estimate of drug-likeness (QED) is 0.176. The number of anilines is 3. The maximum Gasteiger partial charge on any atom is 0.131 e. The smallest absolute Gasteiger partial charge is 0.131 e. The van der Waals surface area contributed by atoms with Crippen molar-refractivity contribution >= 4 is 22.9 Å². The summed E-state index contributed by atoms with van der Waals surface area (Å²) in [5.41, 5.74) is 19.0. The Bertz CT molecular complexity index is 3070. The molecule has 1 spiro atoms. The van der Waals surface area contributed by atoms with Crippen LogP contribution in [-0.4, -0.2) is 5.84 Å². The third-order valence-electron chi connectivity index (χ3n) is 13.0. The van der Waals surface area contributed by atoms with E-state index in [4.69, 9.17) is 4.99 Å². The van der Waals surface area contributed by atoms with Crippen LogP contribution in [0.1, 0.15) is 51.3 Å². The number of nitrogens with one attached hydrogen (secondary N) is 2. The van der Waals surface area contributed by atoms with Gasteiger partial charge in [0, 0.05) is 11.3 Å². The van der Waals surface area contributed by atoms with Gasteiger partial charge >= 0.3 is 0 Å². The Balaban J connectivity index is 0.892. The van der Waals surface area contributed by atoms with E-state index in [2.05, 4.69) is 234 Å². The SMILES string of the molecule is c1ccc(C2=NC(c3ccccc3)NC(c3ccc(-c4ccc(-c5ccc6c(c5)C5(c7ccccc7-6)c6ccccc6N(c6ccccc6)c6ccccc65)cc4)cc3)N2)cc1. The Labute approximate surface area is 362 Å². The number of rotatable bonds is 6. The van der Waals surface area contributed by atoms with Gasteiger partial charge in [-0.1, -0.05) is 200 Å². The van der Waals surface area contributed by atoms with Crippen LogP contribution in [0.3, 0.4) is 0 Å². The maximum absolute atomic E-state index is 5.08. The fraction of sp³-hybridized carbons (Fsp3) is 0.0517. The standard InChI is InChI=1S/C58H42N4/c1-4-16-42(17-5-1)55-59-56(43-18-6-2-7-19-43)61-57(60-55)44-34-32-40(33-35-44)39-28-30-41(31-29-39)45-36-37-48-47-22-10-11-23-49(47)58(52(48)38-45)50-24-12-14-26-53(50)62(46-20-8-3-9-21-46)54-27-15-13-25-51(54)58/h1-38,55,57,60H,(H,59,61). The van der Waals surface area contributed by atoms with Gasteiger partial charge in [-0.2, -0.15) is 0 Å². The fourth-order valence-corrected chi connectivity index (χ4v) is 10.1. The number of para-hydroxylation sites is 3. The lowest BCUT2D eigenvalue weighted by Gasteiger charge is -2.45. The lowest BCUT2D eigenvalue weighted by atomic mass is 9.64. The summed E-state index contributed by atoms with van der Waals surface area (Å²) in [5.74, 6) is 0.885. The van der Waals surface area contributed by atoms with E-state index in [-0.39, 0.29) is 12.3 Å². The molecule has 4 nitrogen and oxygen atoms in total. The fourth-order valence-electron chi connectivity index (χ4n) is 10.1. The molecule has 4 heteroatoms. The average Bonchev–Trinajstić information content (AvgIpc) is 3.65. The van der Waals surface area contributed by atoms with Crippen LogP contribution in [0.5, 0.6) is 0 Å². The van der Waals surface area contributed by atoms with Crippen molar-refractivity contribution in [3.8, 4) is 33.4 Å². The van der Waals surface area contributed by atoms with E-state index < -0.39 is 5.41 Å². The van der Waals surface area contributed by atoms with Crippen molar-refractivity contribution in [1.82, 2.24) is 10.6 Å². The van der Waals surface area contributed by atoms with Crippen LogP contribution in [0.4, 0.5) is 17.1 Å². The third-order valence-corrected chi connectivity index (χ3v) is 13.0. The van der Waals surface area contributed by atoms with Gasteiger partial charge in [-0.05, 0) is 97.1 Å². The normalized spacial score (nSPS) is 16.6. The molecule has 0 bridgehead atoms. The second kappa shape index (κ2) is 14.7. The zero-order chi connectivity index (χ0) is 41.0. The zero-order valence-corrected chi connectivity index (χ0v) is 34.0. The second-order valence-corrected chi connectivity index (χ2v) is 16.4. The molecule has 2 unspecified atom stereocenters. The second-order valence-electron chi connectivity index (χ2n) is 16.4. The van der Waals surface area contributed by atoms with E-state index in [0.717, 1.165) is 28.2 Å². The lowest BCUT2D eigenvalue weighted by Crippen LogP contribution is -2.44. The first-order chi connectivity index (χ1) is 30.7. The summed E-state index contributed by atoms with van der Waals surface area (Å²) in [4.78, 5) is 7.51. The highest BCUT2D eigenvalue weighted by Gasteiger charge is 2.51. The van der Waals surface area contributed by atoms with Crippen LogP contribution < -0.4 is 15.5 Å². The largest absolute Gasteiger partial charge is 0.350 e. The summed E-state index contributed by atoms with van der Waals surface area (Å²) < 4.78 is 0. The molecule has 294 valence electrons. The average molecular weight is 795 g/mol. The van der Waals surface area contributed by atoms with Crippen LogP contribution in [-0.2, 0) is 5.41 Å². The molecule has 12 rings (SSSR count). The van der Waals surface area contributed by atoms with E-state index in [1.807, 2.05) is 12.1 Å². The minimum atomic E-state index is -0.487. The van der Waals surface area contributed by atoms with Gasteiger partial charge in [0.05, 0.1) is 16.8 Å². The predicted molar refractivity (Wildman–Crippen MR) is 254 cm³/mol. The first-order valence-corrected chi connectivity index (χ1v) is 21.4. The number of aliphatic imine (C=N–C) groups is 1. The van der Waals surface area contributed by atoms with Gasteiger partial charge in [-0.25, -0.2) is 4.99 Å². The molecule has 62 heavy (non-hydrogen) atoms. The van der Waals surface area contributed by atoms with Crippen LogP contribution in [0.25, 0.3) is 33.4 Å².